The summed E-state index contributed by atoms with van der Waals surface area (Å²) in [4.78, 5) is 0. The number of fused-ring (bicyclic) bond motifs is 1. The Bertz CT molecular complexity index is 557. The maximum absolute atomic E-state index is 3.59. The smallest absolute Gasteiger partial charge is 0.0378 e. The van der Waals surface area contributed by atoms with Gasteiger partial charge >= 0.3 is 0 Å². The normalized spacial score (nSPS) is 18.0. The summed E-state index contributed by atoms with van der Waals surface area (Å²) in [5, 5.41) is 3.59. The maximum atomic E-state index is 3.59. The van der Waals surface area contributed by atoms with Crippen LogP contribution in [0.3, 0.4) is 0 Å². The summed E-state index contributed by atoms with van der Waals surface area (Å²) in [6, 6.07) is 15.4. The summed E-state index contributed by atoms with van der Waals surface area (Å²) in [5.41, 5.74) is 7.02. The van der Waals surface area contributed by atoms with Gasteiger partial charge in [0.2, 0.25) is 0 Å². The lowest BCUT2D eigenvalue weighted by atomic mass is 9.86. The van der Waals surface area contributed by atoms with Gasteiger partial charge in [-0.25, -0.2) is 0 Å². The van der Waals surface area contributed by atoms with Crippen LogP contribution in [0.4, 0.5) is 5.69 Å². The van der Waals surface area contributed by atoms with Gasteiger partial charge < -0.3 is 5.32 Å². The van der Waals surface area contributed by atoms with Crippen LogP contribution in [0.2, 0.25) is 0 Å². The molecule has 0 aliphatic carbocycles. The third kappa shape index (κ3) is 2.01. The highest BCUT2D eigenvalue weighted by atomic mass is 14.9. The van der Waals surface area contributed by atoms with Gasteiger partial charge in [0.25, 0.3) is 0 Å². The summed E-state index contributed by atoms with van der Waals surface area (Å²) < 4.78 is 0. The molecule has 0 amide bonds. The Morgan fingerprint density at radius 3 is 2.61 bits per heavy atom. The van der Waals surface area contributed by atoms with Crippen LogP contribution in [0.15, 0.2) is 42.5 Å². The summed E-state index contributed by atoms with van der Waals surface area (Å²) in [5.74, 6) is 0.597. The van der Waals surface area contributed by atoms with Crippen molar-refractivity contribution >= 4 is 5.69 Å². The van der Waals surface area contributed by atoms with E-state index in [1.165, 1.54) is 27.9 Å². The van der Waals surface area contributed by atoms with Crippen molar-refractivity contribution < 1.29 is 0 Å². The maximum Gasteiger partial charge on any atom is 0.0378 e. The molecular weight excluding hydrogens is 218 g/mol. The quantitative estimate of drug-likeness (QED) is 0.788. The Hall–Kier alpha value is -1.76. The van der Waals surface area contributed by atoms with Crippen LogP contribution in [-0.2, 0) is 6.42 Å². The fourth-order valence-electron chi connectivity index (χ4n) is 2.94. The number of rotatable bonds is 1. The molecule has 1 N–H and O–H groups in total. The zero-order chi connectivity index (χ0) is 12.5. The van der Waals surface area contributed by atoms with Crippen molar-refractivity contribution in [2.75, 3.05) is 11.9 Å². The summed E-state index contributed by atoms with van der Waals surface area (Å²) >= 11 is 0. The molecule has 1 heterocycles. The summed E-state index contributed by atoms with van der Waals surface area (Å²) in [6.45, 7) is 5.43. The molecule has 92 valence electrons. The minimum Gasteiger partial charge on any atom is -0.384 e. The fourth-order valence-corrected chi connectivity index (χ4v) is 2.94. The molecule has 0 radical (unpaired) electrons. The van der Waals surface area contributed by atoms with Crippen LogP contribution in [0, 0.1) is 13.8 Å². The molecule has 0 saturated heterocycles. The van der Waals surface area contributed by atoms with E-state index in [1.54, 1.807) is 0 Å². The molecule has 1 nitrogen and oxygen atoms in total. The number of aryl methyl sites for hydroxylation is 2. The zero-order valence-electron chi connectivity index (χ0n) is 11.0. The number of hydrogen-bond donors (Lipinski definition) is 1. The third-order valence-electron chi connectivity index (χ3n) is 3.88. The van der Waals surface area contributed by atoms with E-state index in [0.717, 1.165) is 13.0 Å². The molecule has 0 fully saturated rings. The Kier molecular flexibility index (Phi) is 2.83. The van der Waals surface area contributed by atoms with Crippen molar-refractivity contribution in [1.29, 1.82) is 0 Å². The number of anilines is 1. The number of nitrogens with one attached hydrogen (secondary N) is 1. The lowest BCUT2D eigenvalue weighted by Gasteiger charge is -2.28. The highest BCUT2D eigenvalue weighted by molar-refractivity contribution is 5.59. The van der Waals surface area contributed by atoms with E-state index in [0.29, 0.717) is 5.92 Å². The van der Waals surface area contributed by atoms with E-state index < -0.39 is 0 Å². The van der Waals surface area contributed by atoms with Gasteiger partial charge in [0.1, 0.15) is 0 Å². The van der Waals surface area contributed by atoms with E-state index in [2.05, 4.69) is 61.6 Å². The first-order chi connectivity index (χ1) is 8.74. The van der Waals surface area contributed by atoms with Crippen LogP contribution in [-0.4, -0.2) is 6.54 Å². The van der Waals surface area contributed by atoms with Crippen LogP contribution in [0.1, 0.15) is 28.2 Å². The lowest BCUT2D eigenvalue weighted by Crippen LogP contribution is -2.22. The molecule has 1 aliphatic rings. The number of hydrogen-bond acceptors (Lipinski definition) is 1. The van der Waals surface area contributed by atoms with E-state index in [-0.39, 0.29) is 0 Å². The topological polar surface area (TPSA) is 12.0 Å². The fraction of sp³-hybridized carbons (Fsp3) is 0.294. The first-order valence-electron chi connectivity index (χ1n) is 6.63. The molecule has 0 aromatic heterocycles. The van der Waals surface area contributed by atoms with Crippen LogP contribution >= 0.6 is 0 Å². The molecular formula is C17H19N. The van der Waals surface area contributed by atoms with Crippen molar-refractivity contribution in [2.45, 2.75) is 26.2 Å². The van der Waals surface area contributed by atoms with Gasteiger partial charge in [-0.1, -0.05) is 36.4 Å². The predicted octanol–water partition coefficient (Wildman–Crippen LogP) is 4.06. The first-order valence-corrected chi connectivity index (χ1v) is 6.63. The second kappa shape index (κ2) is 4.49. The Labute approximate surface area is 109 Å². The van der Waals surface area contributed by atoms with Crippen LogP contribution in [0.5, 0.6) is 0 Å². The molecule has 1 aliphatic heterocycles. The van der Waals surface area contributed by atoms with Crippen molar-refractivity contribution in [3.63, 3.8) is 0 Å². The second-order valence-corrected chi connectivity index (χ2v) is 5.30. The van der Waals surface area contributed by atoms with Gasteiger partial charge in [-0.2, -0.15) is 0 Å². The molecule has 18 heavy (non-hydrogen) atoms. The third-order valence-corrected chi connectivity index (χ3v) is 3.88. The van der Waals surface area contributed by atoms with Crippen molar-refractivity contribution in [3.05, 3.63) is 64.7 Å². The Morgan fingerprint density at radius 2 is 1.83 bits per heavy atom. The molecule has 1 heteroatoms. The monoisotopic (exact) mass is 237 g/mol. The summed E-state index contributed by atoms with van der Waals surface area (Å²) in [7, 11) is 0. The molecule has 1 atom stereocenters. The van der Waals surface area contributed by atoms with Crippen LogP contribution < -0.4 is 5.32 Å². The predicted molar refractivity (Wildman–Crippen MR) is 77.3 cm³/mol. The summed E-state index contributed by atoms with van der Waals surface area (Å²) in [6.07, 6.45) is 1.15. The van der Waals surface area contributed by atoms with Gasteiger partial charge in [-0.05, 0) is 48.6 Å². The van der Waals surface area contributed by atoms with Crippen LogP contribution in [0.25, 0.3) is 0 Å². The highest BCUT2D eigenvalue weighted by Gasteiger charge is 2.20. The molecule has 0 spiro atoms. The zero-order valence-corrected chi connectivity index (χ0v) is 11.0. The van der Waals surface area contributed by atoms with Crippen molar-refractivity contribution in [3.8, 4) is 0 Å². The van der Waals surface area contributed by atoms with Gasteiger partial charge in [-0.3, -0.25) is 0 Å². The van der Waals surface area contributed by atoms with E-state index >= 15 is 0 Å². The van der Waals surface area contributed by atoms with E-state index in [4.69, 9.17) is 0 Å². The van der Waals surface area contributed by atoms with E-state index in [1.807, 2.05) is 0 Å². The van der Waals surface area contributed by atoms with Gasteiger partial charge in [-0.15, -0.1) is 0 Å². The molecule has 0 saturated carbocycles. The molecule has 2 aromatic rings. The largest absolute Gasteiger partial charge is 0.384 e. The first kappa shape index (κ1) is 11.3. The number of benzene rings is 2. The minimum absolute atomic E-state index is 0.597. The Morgan fingerprint density at radius 1 is 1.06 bits per heavy atom. The van der Waals surface area contributed by atoms with Crippen molar-refractivity contribution in [2.24, 2.45) is 0 Å². The second-order valence-electron chi connectivity index (χ2n) is 5.30. The minimum atomic E-state index is 0.597. The van der Waals surface area contributed by atoms with Gasteiger partial charge in [0.05, 0.1) is 0 Å². The van der Waals surface area contributed by atoms with Crippen molar-refractivity contribution in [1.82, 2.24) is 0 Å². The Balaban J connectivity index is 1.94. The SMILES string of the molecule is Cc1cc(C)c2c(c1)NCC(c1ccccc1)C2. The molecule has 2 aromatic carbocycles. The molecule has 0 bridgehead atoms. The lowest BCUT2D eigenvalue weighted by molar-refractivity contribution is 0.691. The van der Waals surface area contributed by atoms with Gasteiger partial charge in [0, 0.05) is 18.2 Å². The van der Waals surface area contributed by atoms with Gasteiger partial charge in [0.15, 0.2) is 0 Å². The molecule has 3 rings (SSSR count). The average molecular weight is 237 g/mol. The average Bonchev–Trinajstić information content (AvgIpc) is 2.39. The standard InChI is InChI=1S/C17H19N/c1-12-8-13(2)16-10-15(11-18-17(16)9-12)14-6-4-3-5-7-14/h3-9,15,18H,10-11H2,1-2H3. The molecule has 1 unspecified atom stereocenters. The highest BCUT2D eigenvalue weighted by Crippen LogP contribution is 2.33. The van der Waals surface area contributed by atoms with E-state index in [9.17, 15) is 0 Å².